The van der Waals surface area contributed by atoms with Gasteiger partial charge in [0, 0.05) is 6.54 Å². The quantitative estimate of drug-likeness (QED) is 0.709. The van der Waals surface area contributed by atoms with Crippen molar-refractivity contribution in [2.45, 2.75) is 50.1 Å². The zero-order valence-electron chi connectivity index (χ0n) is 12.2. The number of nitrogens with one attached hydrogen (secondary N) is 1. The Hall–Kier alpha value is -2.12. The predicted octanol–water partition coefficient (Wildman–Crippen LogP) is -0.0734. The third kappa shape index (κ3) is 2.22. The molecule has 2 heterocycles. The molecule has 2 N–H and O–H groups in total. The second kappa shape index (κ2) is 5.26. The number of urea groups is 1. The van der Waals surface area contributed by atoms with Gasteiger partial charge in [-0.15, -0.1) is 0 Å². The maximum Gasteiger partial charge on any atom is 0.326 e. The summed E-state index contributed by atoms with van der Waals surface area (Å²) in [6.07, 6.45) is 3.98. The van der Waals surface area contributed by atoms with Gasteiger partial charge in [0.05, 0.1) is 0 Å². The zero-order valence-corrected chi connectivity index (χ0v) is 12.2. The lowest BCUT2D eigenvalue weighted by Gasteiger charge is -2.24. The molecule has 1 saturated carbocycles. The van der Waals surface area contributed by atoms with Crippen molar-refractivity contribution in [2.24, 2.45) is 0 Å². The Morgan fingerprint density at radius 3 is 2.55 bits per heavy atom. The molecule has 3 aliphatic rings. The second-order valence-electron chi connectivity index (χ2n) is 6.19. The standard InChI is InChI=1S/C14H19N3O5/c18-10(16-7-3-4-9(16)11(19)20)8-17-12(21)14(15-13(17)22)5-1-2-6-14/h9H,1-8H2,(H,15,22)(H,19,20)/t9-/m1/s1. The van der Waals surface area contributed by atoms with Gasteiger partial charge in [-0.1, -0.05) is 12.8 Å². The van der Waals surface area contributed by atoms with E-state index < -0.39 is 29.5 Å². The molecule has 0 radical (unpaired) electrons. The Kier molecular flexibility index (Phi) is 3.54. The van der Waals surface area contributed by atoms with Crippen LogP contribution in [0.1, 0.15) is 38.5 Å². The average molecular weight is 309 g/mol. The van der Waals surface area contributed by atoms with Gasteiger partial charge in [-0.3, -0.25) is 14.5 Å². The first kappa shape index (κ1) is 14.8. The van der Waals surface area contributed by atoms with E-state index in [0.29, 0.717) is 32.2 Å². The van der Waals surface area contributed by atoms with E-state index in [1.807, 2.05) is 0 Å². The van der Waals surface area contributed by atoms with Gasteiger partial charge in [-0.05, 0) is 25.7 Å². The van der Waals surface area contributed by atoms with Crippen LogP contribution in [0.25, 0.3) is 0 Å². The van der Waals surface area contributed by atoms with Crippen molar-refractivity contribution in [1.82, 2.24) is 15.1 Å². The summed E-state index contributed by atoms with van der Waals surface area (Å²) < 4.78 is 0. The number of hydrogen-bond acceptors (Lipinski definition) is 4. The SMILES string of the molecule is O=C(O)[C@H]1CCCN1C(=O)CN1C(=O)NC2(CCCC2)C1=O. The van der Waals surface area contributed by atoms with Crippen LogP contribution in [0.3, 0.4) is 0 Å². The number of carbonyl (C=O) groups is 4. The van der Waals surface area contributed by atoms with E-state index in [1.54, 1.807) is 0 Å². The number of likely N-dealkylation sites (tertiary alicyclic amines) is 1. The lowest BCUT2D eigenvalue weighted by Crippen LogP contribution is -2.48. The number of aliphatic carboxylic acids is 1. The molecule has 120 valence electrons. The normalized spacial score (nSPS) is 26.8. The molecule has 2 aliphatic heterocycles. The summed E-state index contributed by atoms with van der Waals surface area (Å²) >= 11 is 0. The molecule has 0 aromatic rings. The van der Waals surface area contributed by atoms with Crippen molar-refractivity contribution in [1.29, 1.82) is 0 Å². The summed E-state index contributed by atoms with van der Waals surface area (Å²) in [5, 5.41) is 11.8. The van der Waals surface area contributed by atoms with Crippen molar-refractivity contribution in [3.8, 4) is 0 Å². The van der Waals surface area contributed by atoms with Gasteiger partial charge >= 0.3 is 12.0 Å². The van der Waals surface area contributed by atoms with Crippen LogP contribution in [0, 0.1) is 0 Å². The van der Waals surface area contributed by atoms with E-state index in [0.717, 1.165) is 17.7 Å². The van der Waals surface area contributed by atoms with Gasteiger partial charge in [0.25, 0.3) is 5.91 Å². The predicted molar refractivity (Wildman–Crippen MR) is 73.8 cm³/mol. The largest absolute Gasteiger partial charge is 0.480 e. The van der Waals surface area contributed by atoms with Gasteiger partial charge < -0.3 is 15.3 Å². The number of imide groups is 1. The van der Waals surface area contributed by atoms with Crippen LogP contribution in [-0.4, -0.2) is 63.4 Å². The first-order valence-corrected chi connectivity index (χ1v) is 7.61. The Morgan fingerprint density at radius 1 is 1.23 bits per heavy atom. The summed E-state index contributed by atoms with van der Waals surface area (Å²) in [6.45, 7) is -0.0270. The monoisotopic (exact) mass is 309 g/mol. The molecule has 0 aromatic carbocycles. The van der Waals surface area contributed by atoms with Crippen LogP contribution in [0.15, 0.2) is 0 Å². The molecule has 1 spiro atoms. The lowest BCUT2D eigenvalue weighted by molar-refractivity contribution is -0.149. The zero-order chi connectivity index (χ0) is 15.9. The van der Waals surface area contributed by atoms with Gasteiger partial charge in [-0.2, -0.15) is 0 Å². The molecular formula is C14H19N3O5. The fourth-order valence-electron chi connectivity index (χ4n) is 3.69. The summed E-state index contributed by atoms with van der Waals surface area (Å²) in [5.74, 6) is -1.88. The maximum atomic E-state index is 12.5. The molecule has 3 fully saturated rings. The fraction of sp³-hybridized carbons (Fsp3) is 0.714. The molecular weight excluding hydrogens is 290 g/mol. The number of nitrogens with zero attached hydrogens (tertiary/aromatic N) is 2. The second-order valence-corrected chi connectivity index (χ2v) is 6.19. The van der Waals surface area contributed by atoms with Crippen LogP contribution in [0.2, 0.25) is 0 Å². The third-order valence-corrected chi connectivity index (χ3v) is 4.85. The Balaban J connectivity index is 1.70. The van der Waals surface area contributed by atoms with Crippen molar-refractivity contribution in [3.63, 3.8) is 0 Å². The van der Waals surface area contributed by atoms with E-state index in [-0.39, 0.29) is 12.5 Å². The Bertz CT molecular complexity index is 541. The molecule has 22 heavy (non-hydrogen) atoms. The number of hydrogen-bond donors (Lipinski definition) is 2. The highest BCUT2D eigenvalue weighted by molar-refractivity contribution is 6.09. The van der Waals surface area contributed by atoms with E-state index >= 15 is 0 Å². The molecule has 0 unspecified atom stereocenters. The van der Waals surface area contributed by atoms with Crippen LogP contribution in [0.4, 0.5) is 4.79 Å². The maximum absolute atomic E-state index is 12.5. The van der Waals surface area contributed by atoms with Crippen LogP contribution in [0.5, 0.6) is 0 Å². The van der Waals surface area contributed by atoms with Gasteiger partial charge in [0.15, 0.2) is 0 Å². The molecule has 2 saturated heterocycles. The third-order valence-electron chi connectivity index (χ3n) is 4.85. The molecule has 3 rings (SSSR count). The highest BCUT2D eigenvalue weighted by atomic mass is 16.4. The van der Waals surface area contributed by atoms with Crippen LogP contribution < -0.4 is 5.32 Å². The molecule has 0 bridgehead atoms. The molecule has 8 nitrogen and oxygen atoms in total. The number of carbonyl (C=O) groups excluding carboxylic acids is 3. The van der Waals surface area contributed by atoms with E-state index in [9.17, 15) is 19.2 Å². The fourth-order valence-corrected chi connectivity index (χ4v) is 3.69. The minimum atomic E-state index is -1.05. The Morgan fingerprint density at radius 2 is 1.91 bits per heavy atom. The van der Waals surface area contributed by atoms with E-state index in [2.05, 4.69) is 5.32 Å². The summed E-state index contributed by atoms with van der Waals surface area (Å²) in [5.41, 5.74) is -0.839. The van der Waals surface area contributed by atoms with E-state index in [1.165, 1.54) is 4.90 Å². The van der Waals surface area contributed by atoms with Crippen molar-refractivity contribution < 1.29 is 24.3 Å². The first-order chi connectivity index (χ1) is 10.4. The Labute approximate surface area is 127 Å². The average Bonchev–Trinajstić information content (AvgIpc) is 3.16. The van der Waals surface area contributed by atoms with Gasteiger partial charge in [-0.25, -0.2) is 9.59 Å². The van der Waals surface area contributed by atoms with Gasteiger partial charge in [0.2, 0.25) is 5.91 Å². The summed E-state index contributed by atoms with van der Waals surface area (Å²) in [4.78, 5) is 50.1. The first-order valence-electron chi connectivity index (χ1n) is 7.61. The van der Waals surface area contributed by atoms with Crippen molar-refractivity contribution >= 4 is 23.8 Å². The topological polar surface area (TPSA) is 107 Å². The molecule has 8 heteroatoms. The molecule has 0 aromatic heterocycles. The van der Waals surface area contributed by atoms with Crippen LogP contribution >= 0.6 is 0 Å². The summed E-state index contributed by atoms with van der Waals surface area (Å²) in [6, 6.07) is -1.40. The number of amides is 4. The lowest BCUT2D eigenvalue weighted by atomic mass is 9.98. The summed E-state index contributed by atoms with van der Waals surface area (Å²) in [7, 11) is 0. The van der Waals surface area contributed by atoms with Crippen molar-refractivity contribution in [2.75, 3.05) is 13.1 Å². The number of carboxylic acids is 1. The smallest absolute Gasteiger partial charge is 0.326 e. The highest BCUT2D eigenvalue weighted by Gasteiger charge is 2.53. The van der Waals surface area contributed by atoms with Gasteiger partial charge in [0.1, 0.15) is 18.1 Å². The molecule has 1 atom stereocenters. The van der Waals surface area contributed by atoms with Crippen LogP contribution in [-0.2, 0) is 14.4 Å². The molecule has 4 amide bonds. The molecule has 1 aliphatic carbocycles. The van der Waals surface area contributed by atoms with Crippen molar-refractivity contribution in [3.05, 3.63) is 0 Å². The highest BCUT2D eigenvalue weighted by Crippen LogP contribution is 2.35. The van der Waals surface area contributed by atoms with E-state index in [4.69, 9.17) is 5.11 Å². The minimum absolute atomic E-state index is 0.352. The number of carboxylic acid groups (broad SMARTS) is 1. The number of rotatable bonds is 3. The minimum Gasteiger partial charge on any atom is -0.480 e.